The molecule has 0 fully saturated rings. The van der Waals surface area contributed by atoms with Crippen LogP contribution in [0.15, 0.2) is 24.3 Å². The maximum absolute atomic E-state index is 11.4. The number of carbonyl (C=O) groups is 1. The first-order valence-corrected chi connectivity index (χ1v) is 7.10. The molecule has 0 saturated heterocycles. The molecule has 0 saturated carbocycles. The Morgan fingerprint density at radius 2 is 1.95 bits per heavy atom. The van der Waals surface area contributed by atoms with Gasteiger partial charge in [-0.3, -0.25) is 0 Å². The summed E-state index contributed by atoms with van der Waals surface area (Å²) in [5, 5.41) is 6.02. The average molecular weight is 278 g/mol. The smallest absolute Gasteiger partial charge is 0.407 e. The molecule has 112 valence electrons. The highest BCUT2D eigenvalue weighted by Crippen LogP contribution is 2.06. The molecule has 0 aliphatic heterocycles. The molecule has 1 aromatic carbocycles. The van der Waals surface area contributed by atoms with Crippen molar-refractivity contribution in [3.05, 3.63) is 35.4 Å². The number of benzene rings is 1. The van der Waals surface area contributed by atoms with E-state index < -0.39 is 5.60 Å². The third-order valence-corrected chi connectivity index (χ3v) is 2.64. The number of rotatable bonds is 6. The van der Waals surface area contributed by atoms with E-state index in [1.54, 1.807) is 0 Å². The number of ether oxygens (including phenoxy) is 1. The highest BCUT2D eigenvalue weighted by molar-refractivity contribution is 5.67. The minimum Gasteiger partial charge on any atom is -0.444 e. The Morgan fingerprint density at radius 3 is 2.60 bits per heavy atom. The van der Waals surface area contributed by atoms with Crippen molar-refractivity contribution in [1.29, 1.82) is 0 Å². The van der Waals surface area contributed by atoms with Gasteiger partial charge in [-0.05, 0) is 46.2 Å². The van der Waals surface area contributed by atoms with Crippen molar-refractivity contribution in [3.63, 3.8) is 0 Å². The Morgan fingerprint density at radius 1 is 1.20 bits per heavy atom. The Kier molecular flexibility index (Phi) is 6.52. The van der Waals surface area contributed by atoms with E-state index in [-0.39, 0.29) is 6.09 Å². The average Bonchev–Trinajstić information content (AvgIpc) is 2.31. The molecular weight excluding hydrogens is 252 g/mol. The first kappa shape index (κ1) is 16.5. The van der Waals surface area contributed by atoms with Gasteiger partial charge >= 0.3 is 6.09 Å². The van der Waals surface area contributed by atoms with E-state index in [0.717, 1.165) is 19.5 Å². The van der Waals surface area contributed by atoms with Crippen LogP contribution in [0.25, 0.3) is 0 Å². The van der Waals surface area contributed by atoms with Crippen LogP contribution in [0.2, 0.25) is 0 Å². The fourth-order valence-corrected chi connectivity index (χ4v) is 1.79. The molecular formula is C16H26N2O2. The van der Waals surface area contributed by atoms with E-state index in [9.17, 15) is 4.79 Å². The lowest BCUT2D eigenvalue weighted by atomic mass is 10.1. The number of hydrogen-bond donors (Lipinski definition) is 2. The number of hydrogen-bond acceptors (Lipinski definition) is 3. The topological polar surface area (TPSA) is 50.4 Å². The van der Waals surface area contributed by atoms with Gasteiger partial charge in [0.25, 0.3) is 0 Å². The Hall–Kier alpha value is -1.55. The molecule has 20 heavy (non-hydrogen) atoms. The van der Waals surface area contributed by atoms with E-state index >= 15 is 0 Å². The summed E-state index contributed by atoms with van der Waals surface area (Å²) in [6.45, 7) is 9.88. The van der Waals surface area contributed by atoms with Crippen LogP contribution in [0.5, 0.6) is 0 Å². The second-order valence-corrected chi connectivity index (χ2v) is 5.92. The minimum atomic E-state index is -0.442. The van der Waals surface area contributed by atoms with Crippen LogP contribution in [-0.4, -0.2) is 31.3 Å². The number of alkyl carbamates (subject to hydrolysis) is 1. The molecule has 1 aromatic rings. The molecule has 2 N–H and O–H groups in total. The SMILES string of the molecule is Cc1cccc(CCNCCNC(=O)OC(C)(C)C)c1. The summed E-state index contributed by atoms with van der Waals surface area (Å²) in [5.74, 6) is 0. The zero-order chi connectivity index (χ0) is 15.0. The molecule has 0 spiro atoms. The summed E-state index contributed by atoms with van der Waals surface area (Å²) in [5.41, 5.74) is 2.18. The van der Waals surface area contributed by atoms with Crippen molar-refractivity contribution in [3.8, 4) is 0 Å². The van der Waals surface area contributed by atoms with Gasteiger partial charge in [0.05, 0.1) is 0 Å². The van der Waals surface area contributed by atoms with Gasteiger partial charge in [0, 0.05) is 13.1 Å². The molecule has 4 nitrogen and oxygen atoms in total. The molecule has 0 aromatic heterocycles. The van der Waals surface area contributed by atoms with Gasteiger partial charge in [-0.25, -0.2) is 4.79 Å². The summed E-state index contributed by atoms with van der Waals surface area (Å²) in [7, 11) is 0. The normalized spacial score (nSPS) is 11.2. The predicted octanol–water partition coefficient (Wildman–Crippen LogP) is 2.65. The third kappa shape index (κ3) is 7.79. The number of aryl methyl sites for hydroxylation is 1. The van der Waals surface area contributed by atoms with Crippen LogP contribution in [0, 0.1) is 6.92 Å². The Labute approximate surface area is 121 Å². The van der Waals surface area contributed by atoms with Crippen LogP contribution in [0.3, 0.4) is 0 Å². The summed E-state index contributed by atoms with van der Waals surface area (Å²) < 4.78 is 5.15. The molecule has 0 radical (unpaired) electrons. The summed E-state index contributed by atoms with van der Waals surface area (Å²) in [6.07, 6.45) is 0.631. The van der Waals surface area contributed by atoms with Gasteiger partial charge in [-0.15, -0.1) is 0 Å². The van der Waals surface area contributed by atoms with E-state index in [4.69, 9.17) is 4.74 Å². The van der Waals surface area contributed by atoms with Gasteiger partial charge in [-0.1, -0.05) is 29.8 Å². The number of carbonyl (C=O) groups excluding carboxylic acids is 1. The third-order valence-electron chi connectivity index (χ3n) is 2.64. The van der Waals surface area contributed by atoms with Crippen molar-refractivity contribution >= 4 is 6.09 Å². The van der Waals surface area contributed by atoms with Crippen LogP contribution in [-0.2, 0) is 11.2 Å². The summed E-state index contributed by atoms with van der Waals surface area (Å²) in [4.78, 5) is 11.4. The van der Waals surface area contributed by atoms with E-state index in [0.29, 0.717) is 6.54 Å². The van der Waals surface area contributed by atoms with Crippen LogP contribution in [0.1, 0.15) is 31.9 Å². The van der Waals surface area contributed by atoms with Crippen molar-refractivity contribution in [2.45, 2.75) is 39.7 Å². The Bertz CT molecular complexity index is 425. The molecule has 1 rings (SSSR count). The molecule has 0 heterocycles. The molecule has 0 aliphatic carbocycles. The van der Waals surface area contributed by atoms with Gasteiger partial charge < -0.3 is 15.4 Å². The lowest BCUT2D eigenvalue weighted by Gasteiger charge is -2.19. The molecule has 4 heteroatoms. The highest BCUT2D eigenvalue weighted by atomic mass is 16.6. The maximum atomic E-state index is 11.4. The van der Waals surface area contributed by atoms with Crippen molar-refractivity contribution < 1.29 is 9.53 Å². The van der Waals surface area contributed by atoms with E-state index in [1.807, 2.05) is 20.8 Å². The standard InChI is InChI=1S/C16H26N2O2/c1-13-6-5-7-14(12-13)8-9-17-10-11-18-15(19)20-16(2,3)4/h5-7,12,17H,8-11H2,1-4H3,(H,18,19). The maximum Gasteiger partial charge on any atom is 0.407 e. The molecule has 0 aliphatic rings. The zero-order valence-corrected chi connectivity index (χ0v) is 13.0. The molecule has 0 atom stereocenters. The van der Waals surface area contributed by atoms with E-state index in [2.05, 4.69) is 41.8 Å². The highest BCUT2D eigenvalue weighted by Gasteiger charge is 2.15. The fourth-order valence-electron chi connectivity index (χ4n) is 1.79. The van der Waals surface area contributed by atoms with Gasteiger partial charge in [0.2, 0.25) is 0 Å². The number of amides is 1. The van der Waals surface area contributed by atoms with Crippen LogP contribution < -0.4 is 10.6 Å². The fraction of sp³-hybridized carbons (Fsp3) is 0.562. The lowest BCUT2D eigenvalue weighted by molar-refractivity contribution is 0.0528. The summed E-state index contributed by atoms with van der Waals surface area (Å²) >= 11 is 0. The number of nitrogens with one attached hydrogen (secondary N) is 2. The minimum absolute atomic E-state index is 0.363. The van der Waals surface area contributed by atoms with Gasteiger partial charge in [0.1, 0.15) is 5.60 Å². The summed E-state index contributed by atoms with van der Waals surface area (Å²) in [6, 6.07) is 8.50. The zero-order valence-electron chi connectivity index (χ0n) is 13.0. The quantitative estimate of drug-likeness (QED) is 0.787. The van der Waals surface area contributed by atoms with Gasteiger partial charge in [-0.2, -0.15) is 0 Å². The monoisotopic (exact) mass is 278 g/mol. The second kappa shape index (κ2) is 7.90. The largest absolute Gasteiger partial charge is 0.444 e. The first-order chi connectivity index (χ1) is 9.37. The van der Waals surface area contributed by atoms with Crippen LogP contribution in [0.4, 0.5) is 4.79 Å². The van der Waals surface area contributed by atoms with Crippen molar-refractivity contribution in [2.75, 3.05) is 19.6 Å². The molecule has 0 bridgehead atoms. The van der Waals surface area contributed by atoms with E-state index in [1.165, 1.54) is 11.1 Å². The first-order valence-electron chi connectivity index (χ1n) is 7.10. The molecule has 0 unspecified atom stereocenters. The van der Waals surface area contributed by atoms with Crippen molar-refractivity contribution in [1.82, 2.24) is 10.6 Å². The van der Waals surface area contributed by atoms with Crippen LogP contribution >= 0.6 is 0 Å². The van der Waals surface area contributed by atoms with Crippen molar-refractivity contribution in [2.24, 2.45) is 0 Å². The van der Waals surface area contributed by atoms with Gasteiger partial charge in [0.15, 0.2) is 0 Å². The second-order valence-electron chi connectivity index (χ2n) is 5.92. The lowest BCUT2D eigenvalue weighted by Crippen LogP contribution is -2.36. The predicted molar refractivity (Wildman–Crippen MR) is 82.0 cm³/mol. The Balaban J connectivity index is 2.07. The molecule has 1 amide bonds.